The summed E-state index contributed by atoms with van der Waals surface area (Å²) in [5, 5.41) is 7.58. The lowest BCUT2D eigenvalue weighted by Gasteiger charge is -2.42. The number of hydrogen-bond donors (Lipinski definition) is 0. The normalized spacial score (nSPS) is 14.8. The van der Waals surface area contributed by atoms with E-state index in [0.29, 0.717) is 0 Å². The summed E-state index contributed by atoms with van der Waals surface area (Å²) in [6.07, 6.45) is 0. The lowest BCUT2D eigenvalue weighted by Crippen LogP contribution is -2.60. The molecule has 1 aliphatic carbocycles. The van der Waals surface area contributed by atoms with E-state index in [9.17, 15) is 0 Å². The molecular formula is C55H39BN2OS. The van der Waals surface area contributed by atoms with Crippen LogP contribution in [0.15, 0.2) is 150 Å². The van der Waals surface area contributed by atoms with Crippen LogP contribution in [0.2, 0.25) is 0 Å². The summed E-state index contributed by atoms with van der Waals surface area (Å²) >= 11 is 1.90. The minimum Gasteiger partial charge on any atom is -0.456 e. The fraction of sp³-hybridized carbons (Fsp3) is 0.127. The van der Waals surface area contributed by atoms with E-state index in [4.69, 9.17) is 4.42 Å². The largest absolute Gasteiger partial charge is 0.456 e. The molecule has 0 radical (unpaired) electrons. The Hall–Kier alpha value is -6.56. The minimum atomic E-state index is -0.103. The number of furan rings is 1. The standard InChI is InChI=1S/C55H39BN2OS/c1-54(2,3)30-18-20-31(21-19-30)58-44-27-39-33-13-8-11-17-48(33)60-49(39)28-37(44)34-22-23-36-51-43(25-24-41-50(51)35-14-6-9-15-40(35)55(41,4)5)57-45-29-47-38(32-12-7-10-16-46(32)59-47)26-42(45)56(58)52(34)53(36)57/h6-29H,1-5H3. The molecule has 11 aromatic rings. The van der Waals surface area contributed by atoms with Gasteiger partial charge in [-0.25, -0.2) is 0 Å². The second kappa shape index (κ2) is 11.0. The van der Waals surface area contributed by atoms with Crippen molar-refractivity contribution in [3.8, 4) is 27.9 Å². The molecule has 0 saturated heterocycles. The Bertz CT molecular complexity index is 3740. The van der Waals surface area contributed by atoms with Crippen molar-refractivity contribution >= 4 is 104 Å². The zero-order chi connectivity index (χ0) is 40.0. The summed E-state index contributed by atoms with van der Waals surface area (Å²) in [5.41, 5.74) is 20.0. The molecule has 0 N–H and O–H groups in total. The number of anilines is 2. The molecule has 5 heteroatoms. The lowest BCUT2D eigenvalue weighted by atomic mass is 9.44. The molecule has 3 aliphatic rings. The number of thiophene rings is 1. The van der Waals surface area contributed by atoms with Gasteiger partial charge >= 0.3 is 6.85 Å². The number of hydrogen-bond acceptors (Lipinski definition) is 3. The van der Waals surface area contributed by atoms with Crippen LogP contribution < -0.4 is 15.7 Å². The average Bonchev–Trinajstić information content (AvgIpc) is 3.98. The average molecular weight is 787 g/mol. The van der Waals surface area contributed by atoms with Crippen molar-refractivity contribution in [2.24, 2.45) is 0 Å². The minimum absolute atomic E-state index is 0.0403. The zero-order valence-electron chi connectivity index (χ0n) is 34.1. The molecule has 5 heterocycles. The number of benzene rings is 8. The van der Waals surface area contributed by atoms with Gasteiger partial charge in [0.15, 0.2) is 0 Å². The Morgan fingerprint density at radius 3 is 2.22 bits per heavy atom. The maximum absolute atomic E-state index is 6.71. The van der Waals surface area contributed by atoms with Gasteiger partial charge in [0.2, 0.25) is 0 Å². The summed E-state index contributed by atoms with van der Waals surface area (Å²) in [4.78, 5) is 2.67. The van der Waals surface area contributed by atoms with Crippen molar-refractivity contribution in [2.45, 2.75) is 45.4 Å². The second-order valence-corrected chi connectivity index (χ2v) is 19.9. The van der Waals surface area contributed by atoms with Gasteiger partial charge in [0, 0.05) is 75.8 Å². The van der Waals surface area contributed by atoms with Crippen molar-refractivity contribution in [3.63, 3.8) is 0 Å². The van der Waals surface area contributed by atoms with Crippen molar-refractivity contribution in [3.05, 3.63) is 162 Å². The molecule has 8 aromatic carbocycles. The van der Waals surface area contributed by atoms with E-state index in [-0.39, 0.29) is 17.7 Å². The first kappa shape index (κ1) is 33.3. The molecule has 0 amide bonds. The van der Waals surface area contributed by atoms with Crippen LogP contribution in [0.4, 0.5) is 11.4 Å². The van der Waals surface area contributed by atoms with E-state index in [1.54, 1.807) is 0 Å². The molecule has 284 valence electrons. The number of rotatable bonds is 1. The molecule has 14 rings (SSSR count). The first-order chi connectivity index (χ1) is 29.1. The van der Waals surface area contributed by atoms with E-state index in [1.165, 1.54) is 109 Å². The van der Waals surface area contributed by atoms with E-state index in [1.807, 2.05) is 11.3 Å². The number of fused-ring (bicyclic) bond motifs is 18. The van der Waals surface area contributed by atoms with Crippen LogP contribution in [-0.2, 0) is 10.8 Å². The van der Waals surface area contributed by atoms with Crippen LogP contribution in [0.5, 0.6) is 0 Å². The molecule has 3 aromatic heterocycles. The summed E-state index contributed by atoms with van der Waals surface area (Å²) < 4.78 is 12.0. The third-order valence-corrected chi connectivity index (χ3v) is 15.5. The van der Waals surface area contributed by atoms with Crippen LogP contribution in [-0.4, -0.2) is 11.4 Å². The molecule has 0 bridgehead atoms. The van der Waals surface area contributed by atoms with E-state index >= 15 is 0 Å². The highest BCUT2D eigenvalue weighted by molar-refractivity contribution is 7.25. The Kier molecular flexibility index (Phi) is 6.09. The van der Waals surface area contributed by atoms with Crippen LogP contribution in [0, 0.1) is 0 Å². The summed E-state index contributed by atoms with van der Waals surface area (Å²) in [5.74, 6) is 0. The monoisotopic (exact) mass is 786 g/mol. The van der Waals surface area contributed by atoms with Crippen molar-refractivity contribution in [1.82, 2.24) is 4.57 Å². The second-order valence-electron chi connectivity index (χ2n) is 18.8. The topological polar surface area (TPSA) is 21.3 Å². The Morgan fingerprint density at radius 2 is 1.37 bits per heavy atom. The summed E-state index contributed by atoms with van der Waals surface area (Å²) in [7, 11) is 0. The van der Waals surface area contributed by atoms with Gasteiger partial charge in [-0.3, -0.25) is 0 Å². The molecule has 0 atom stereocenters. The van der Waals surface area contributed by atoms with Crippen molar-refractivity contribution in [2.75, 3.05) is 4.81 Å². The first-order valence-electron chi connectivity index (χ1n) is 21.2. The van der Waals surface area contributed by atoms with Gasteiger partial charge in [-0.05, 0) is 92.2 Å². The Balaban J connectivity index is 1.18. The Morgan fingerprint density at radius 1 is 0.583 bits per heavy atom. The van der Waals surface area contributed by atoms with Gasteiger partial charge in [0.05, 0.1) is 11.0 Å². The third kappa shape index (κ3) is 4.02. The van der Waals surface area contributed by atoms with E-state index in [2.05, 4.69) is 190 Å². The highest BCUT2D eigenvalue weighted by Crippen LogP contribution is 2.55. The van der Waals surface area contributed by atoms with Gasteiger partial charge in [-0.1, -0.05) is 132 Å². The lowest BCUT2D eigenvalue weighted by molar-refractivity contribution is 0.590. The van der Waals surface area contributed by atoms with Gasteiger partial charge in [-0.15, -0.1) is 11.3 Å². The molecule has 0 fully saturated rings. The third-order valence-electron chi connectivity index (χ3n) is 14.3. The van der Waals surface area contributed by atoms with Crippen molar-refractivity contribution in [1.29, 1.82) is 0 Å². The van der Waals surface area contributed by atoms with Crippen LogP contribution in [0.3, 0.4) is 0 Å². The van der Waals surface area contributed by atoms with Gasteiger partial charge in [0.25, 0.3) is 0 Å². The zero-order valence-corrected chi connectivity index (χ0v) is 35.0. The van der Waals surface area contributed by atoms with Crippen LogP contribution in [0.25, 0.3) is 91.9 Å². The molecule has 0 spiro atoms. The molecular weight excluding hydrogens is 747 g/mol. The van der Waals surface area contributed by atoms with Crippen molar-refractivity contribution < 1.29 is 4.42 Å². The maximum atomic E-state index is 6.71. The van der Waals surface area contributed by atoms with Crippen LogP contribution >= 0.6 is 11.3 Å². The summed E-state index contributed by atoms with van der Waals surface area (Å²) in [6, 6.07) is 55.4. The predicted octanol–water partition coefficient (Wildman–Crippen LogP) is 13.9. The quantitative estimate of drug-likeness (QED) is 0.155. The molecule has 2 aliphatic heterocycles. The highest BCUT2D eigenvalue weighted by atomic mass is 32.1. The van der Waals surface area contributed by atoms with Gasteiger partial charge in [0.1, 0.15) is 11.2 Å². The first-order valence-corrected chi connectivity index (χ1v) is 22.0. The number of nitrogens with zero attached hydrogens (tertiary/aromatic N) is 2. The molecule has 0 unspecified atom stereocenters. The fourth-order valence-electron chi connectivity index (χ4n) is 11.5. The number of aromatic nitrogens is 1. The van der Waals surface area contributed by atoms with E-state index < -0.39 is 0 Å². The fourth-order valence-corrected chi connectivity index (χ4v) is 12.6. The summed E-state index contributed by atoms with van der Waals surface area (Å²) in [6.45, 7) is 11.6. The van der Waals surface area contributed by atoms with Gasteiger partial charge in [-0.2, -0.15) is 0 Å². The molecule has 0 saturated carbocycles. The highest BCUT2D eigenvalue weighted by Gasteiger charge is 2.46. The maximum Gasteiger partial charge on any atom is 0.333 e. The molecule has 60 heavy (non-hydrogen) atoms. The predicted molar refractivity (Wildman–Crippen MR) is 256 cm³/mol. The van der Waals surface area contributed by atoms with Gasteiger partial charge < -0.3 is 13.8 Å². The Labute approximate surface area is 352 Å². The smallest absolute Gasteiger partial charge is 0.333 e. The number of para-hydroxylation sites is 1. The van der Waals surface area contributed by atoms with Crippen LogP contribution in [0.1, 0.15) is 51.3 Å². The van der Waals surface area contributed by atoms with E-state index in [0.717, 1.165) is 21.9 Å². The SMILES string of the molecule is CC(C)(C)c1ccc(N2B3c4cc5c(cc4-n4c6ccc7c(c6c6ccc(c3c64)-c3cc4sc6ccccc6c4cc32)-c2ccccc2C7(C)C)oc2ccccc25)cc1. The molecule has 3 nitrogen and oxygen atoms in total.